The minimum atomic E-state index is -0.0338. The van der Waals surface area contributed by atoms with Crippen molar-refractivity contribution in [2.45, 2.75) is 0 Å². The highest BCUT2D eigenvalue weighted by atomic mass is 15.2. The Bertz CT molecular complexity index is 2790. The van der Waals surface area contributed by atoms with Crippen molar-refractivity contribution in [1.29, 1.82) is 0 Å². The molecule has 3 nitrogen and oxygen atoms in total. The first kappa shape index (κ1) is 33.9. The summed E-state index contributed by atoms with van der Waals surface area (Å²) in [5, 5.41) is 0. The van der Waals surface area contributed by atoms with Gasteiger partial charge in [0.15, 0.2) is 0 Å². The van der Waals surface area contributed by atoms with E-state index >= 15 is 0 Å². The fourth-order valence-corrected chi connectivity index (χ4v) is 8.84. The van der Waals surface area contributed by atoms with Crippen molar-refractivity contribution in [3.8, 4) is 55.9 Å². The molecule has 0 unspecified atom stereocenters. The molecule has 3 aliphatic heterocycles. The quantitative estimate of drug-likeness (QED) is 0.158. The lowest BCUT2D eigenvalue weighted by atomic mass is 9.41. The molecule has 8 aromatic rings. The molecular weight excluding hydrogens is 700 g/mol. The van der Waals surface area contributed by atoms with Gasteiger partial charge in [-0.05, 0) is 116 Å². The van der Waals surface area contributed by atoms with Crippen molar-refractivity contribution in [1.82, 2.24) is 9.71 Å². The summed E-state index contributed by atoms with van der Waals surface area (Å²) in [5.74, 6) is 2.39. The Kier molecular flexibility index (Phi) is 8.36. The Morgan fingerprint density at radius 1 is 0.397 bits per heavy atom. The predicted octanol–water partition coefficient (Wildman–Crippen LogP) is 11.3. The van der Waals surface area contributed by atoms with Crippen LogP contribution in [0.5, 0.6) is 0 Å². The van der Waals surface area contributed by atoms with Gasteiger partial charge in [0.05, 0.1) is 11.4 Å². The van der Waals surface area contributed by atoms with E-state index in [4.69, 9.17) is 4.98 Å². The van der Waals surface area contributed by atoms with E-state index in [2.05, 4.69) is 234 Å². The number of aromatic nitrogens is 1. The van der Waals surface area contributed by atoms with E-state index in [1.807, 2.05) is 0 Å². The van der Waals surface area contributed by atoms with Gasteiger partial charge in [0.25, 0.3) is 0 Å². The van der Waals surface area contributed by atoms with E-state index < -0.39 is 0 Å². The van der Waals surface area contributed by atoms with Crippen LogP contribution in [-0.2, 0) is 0 Å². The van der Waals surface area contributed by atoms with Crippen LogP contribution in [0.3, 0.4) is 0 Å². The van der Waals surface area contributed by atoms with E-state index in [-0.39, 0.29) is 13.8 Å². The molecule has 0 spiro atoms. The molecule has 58 heavy (non-hydrogen) atoms. The molecule has 0 saturated heterocycles. The van der Waals surface area contributed by atoms with Gasteiger partial charge >= 0.3 is 13.8 Å². The van der Waals surface area contributed by atoms with Gasteiger partial charge in [-0.2, -0.15) is 0 Å². The van der Waals surface area contributed by atoms with E-state index in [9.17, 15) is 0 Å². The SMILES string of the molecule is C1=CC(c2cc(-c3ccccc3)nc(-c3ccccc3)c2)=CN2B1c1ccc(-c3cc(-c4ccccc4)cc(-c4ccccc4)c3)cc1N1C=Cc3ccccc3B21. The van der Waals surface area contributed by atoms with Crippen LogP contribution < -0.4 is 15.7 Å². The smallest absolute Gasteiger partial charge is 0.403 e. The maximum atomic E-state index is 5.17. The van der Waals surface area contributed by atoms with Crippen LogP contribution in [0.4, 0.5) is 5.69 Å². The van der Waals surface area contributed by atoms with Gasteiger partial charge in [0, 0.05) is 16.8 Å². The summed E-state index contributed by atoms with van der Waals surface area (Å²) >= 11 is 0. The number of benzene rings is 7. The lowest BCUT2D eigenvalue weighted by Gasteiger charge is -2.48. The molecule has 0 atom stereocenters. The van der Waals surface area contributed by atoms with Gasteiger partial charge < -0.3 is 9.53 Å². The molecule has 0 N–H and O–H groups in total. The number of pyridine rings is 1. The maximum absolute atomic E-state index is 5.17. The molecule has 3 aliphatic rings. The summed E-state index contributed by atoms with van der Waals surface area (Å²) in [6.07, 6.45) is 9.23. The molecule has 7 aromatic carbocycles. The fraction of sp³-hybridized carbons (Fsp3) is 0. The number of hydrogen-bond acceptors (Lipinski definition) is 3. The van der Waals surface area contributed by atoms with Crippen molar-refractivity contribution >= 4 is 42.1 Å². The van der Waals surface area contributed by atoms with Crippen LogP contribution in [0.25, 0.3) is 67.5 Å². The summed E-state index contributed by atoms with van der Waals surface area (Å²) in [5.41, 5.74) is 18.7. The standard InChI is InChI=1S/C53H37B2N3/c1-5-15-38(16-6-1)45-31-46(39-17-7-2-8-18-39)33-47(32-45)43-25-26-50-53(36-43)57-30-28-40-19-13-14-24-49(40)55(57)58-37-44(27-29-54(50)58)48-34-51(41-20-9-3-10-21-41)56-52(35-48)42-22-11-4-12-23-42/h1-37H. The largest absolute Gasteiger partial charge is 0.436 e. The van der Waals surface area contributed by atoms with Crippen LogP contribution in [0.15, 0.2) is 219 Å². The highest BCUT2D eigenvalue weighted by molar-refractivity contribution is 6.94. The van der Waals surface area contributed by atoms with Crippen molar-refractivity contribution in [3.05, 3.63) is 230 Å². The minimum absolute atomic E-state index is 0.0338. The highest BCUT2D eigenvalue weighted by Crippen LogP contribution is 2.38. The molecule has 0 aliphatic carbocycles. The maximum Gasteiger partial charge on any atom is 0.403 e. The van der Waals surface area contributed by atoms with Crippen LogP contribution >= 0.6 is 0 Å². The second-order valence-corrected chi connectivity index (χ2v) is 15.2. The zero-order valence-corrected chi connectivity index (χ0v) is 31.9. The first-order valence-electron chi connectivity index (χ1n) is 20.0. The van der Waals surface area contributed by atoms with Crippen molar-refractivity contribution < 1.29 is 0 Å². The highest BCUT2D eigenvalue weighted by Gasteiger charge is 2.46. The van der Waals surface area contributed by atoms with Crippen molar-refractivity contribution in [3.63, 3.8) is 0 Å². The third kappa shape index (κ3) is 6.09. The molecule has 0 bridgehead atoms. The lowest BCUT2D eigenvalue weighted by Crippen LogP contribution is -2.70. The molecule has 0 radical (unpaired) electrons. The van der Waals surface area contributed by atoms with Crippen LogP contribution in [0, 0.1) is 0 Å². The minimum Gasteiger partial charge on any atom is -0.436 e. The number of hydrogen-bond donors (Lipinski definition) is 0. The summed E-state index contributed by atoms with van der Waals surface area (Å²) in [6.45, 7) is 0.0154. The Morgan fingerprint density at radius 3 is 1.53 bits per heavy atom. The molecular formula is C53H37B2N3. The summed E-state index contributed by atoms with van der Waals surface area (Å²) in [6, 6.07) is 69.8. The van der Waals surface area contributed by atoms with Crippen molar-refractivity contribution in [2.24, 2.45) is 0 Å². The average molecular weight is 738 g/mol. The molecule has 0 amide bonds. The van der Waals surface area contributed by atoms with Crippen molar-refractivity contribution in [2.75, 3.05) is 4.81 Å². The van der Waals surface area contributed by atoms with Gasteiger partial charge in [-0.1, -0.05) is 170 Å². The van der Waals surface area contributed by atoms with Crippen LogP contribution in [-0.4, -0.2) is 23.5 Å². The Morgan fingerprint density at radius 2 is 0.931 bits per heavy atom. The molecule has 0 saturated carbocycles. The van der Waals surface area contributed by atoms with Crippen LogP contribution in [0.1, 0.15) is 11.1 Å². The monoisotopic (exact) mass is 737 g/mol. The van der Waals surface area contributed by atoms with E-state index in [1.54, 1.807) is 0 Å². The topological polar surface area (TPSA) is 19.4 Å². The van der Waals surface area contributed by atoms with Gasteiger partial charge in [-0.25, -0.2) is 4.98 Å². The number of allylic oxidation sites excluding steroid dienone is 2. The molecule has 4 heterocycles. The molecule has 270 valence electrons. The van der Waals surface area contributed by atoms with Gasteiger partial charge in [0.1, 0.15) is 0 Å². The Labute approximate surface area is 340 Å². The number of rotatable bonds is 6. The molecule has 0 fully saturated rings. The summed E-state index contributed by atoms with van der Waals surface area (Å²) < 4.78 is 2.55. The first-order valence-corrected chi connectivity index (χ1v) is 20.0. The number of nitrogens with zero attached hydrogens (tertiary/aromatic N) is 3. The summed E-state index contributed by atoms with van der Waals surface area (Å²) in [7, 11) is 0. The van der Waals surface area contributed by atoms with E-state index in [1.165, 1.54) is 55.6 Å². The zero-order valence-electron chi connectivity index (χ0n) is 31.9. The Hall–Kier alpha value is -7.36. The lowest BCUT2D eigenvalue weighted by molar-refractivity contribution is 0.883. The Balaban J connectivity index is 1.05. The predicted molar refractivity (Wildman–Crippen MR) is 246 cm³/mol. The van der Waals surface area contributed by atoms with Gasteiger partial charge in [0.2, 0.25) is 0 Å². The fourth-order valence-electron chi connectivity index (χ4n) is 8.84. The second kappa shape index (κ2) is 14.3. The first-order chi connectivity index (χ1) is 28.7. The van der Waals surface area contributed by atoms with E-state index in [0.29, 0.717) is 0 Å². The third-order valence-corrected chi connectivity index (χ3v) is 11.7. The van der Waals surface area contributed by atoms with Crippen LogP contribution in [0.2, 0.25) is 0 Å². The average Bonchev–Trinajstić information content (AvgIpc) is 3.32. The second-order valence-electron chi connectivity index (χ2n) is 15.2. The zero-order chi connectivity index (χ0) is 38.4. The van der Waals surface area contributed by atoms with Gasteiger partial charge in [-0.3, -0.25) is 0 Å². The van der Waals surface area contributed by atoms with Gasteiger partial charge in [-0.15, -0.1) is 0 Å². The molecule has 11 rings (SSSR count). The third-order valence-electron chi connectivity index (χ3n) is 11.7. The number of fused-ring (bicyclic) bond motifs is 8. The summed E-state index contributed by atoms with van der Waals surface area (Å²) in [4.78, 5) is 7.64. The molecule has 1 aromatic heterocycles. The number of anilines is 1. The normalized spacial score (nSPS) is 13.7. The molecule has 5 heteroatoms. The van der Waals surface area contributed by atoms with E-state index in [0.717, 1.165) is 33.7 Å².